The van der Waals surface area contributed by atoms with E-state index in [1.807, 2.05) is 50.2 Å². The molecule has 106 valence electrons. The summed E-state index contributed by atoms with van der Waals surface area (Å²) in [6, 6.07) is 15.2. The van der Waals surface area contributed by atoms with Gasteiger partial charge in [0.1, 0.15) is 6.61 Å². The van der Waals surface area contributed by atoms with E-state index in [1.54, 1.807) is 12.1 Å². The first-order valence-corrected chi connectivity index (χ1v) is 6.64. The molecule has 3 nitrogen and oxygen atoms in total. The van der Waals surface area contributed by atoms with Gasteiger partial charge in [-0.25, -0.2) is 0 Å². The topological polar surface area (TPSA) is 49.7 Å². The van der Waals surface area contributed by atoms with Crippen LogP contribution in [0.3, 0.4) is 0 Å². The van der Waals surface area contributed by atoms with E-state index in [0.717, 1.165) is 5.56 Å². The Hall–Kier alpha value is -2.00. The molecular formula is C17H20O3. The summed E-state index contributed by atoms with van der Waals surface area (Å²) < 4.78 is 5.67. The minimum Gasteiger partial charge on any atom is -0.504 e. The van der Waals surface area contributed by atoms with Crippen LogP contribution in [0.15, 0.2) is 48.5 Å². The SMILES string of the molecule is CC(C)(CO)c1cccc(OCc2ccccc2)c1O. The van der Waals surface area contributed by atoms with E-state index in [4.69, 9.17) is 4.74 Å². The van der Waals surface area contributed by atoms with Crippen molar-refractivity contribution in [3.05, 3.63) is 59.7 Å². The zero-order valence-electron chi connectivity index (χ0n) is 11.8. The molecule has 0 aliphatic rings. The number of para-hydroxylation sites is 1. The van der Waals surface area contributed by atoms with Crippen LogP contribution in [0.25, 0.3) is 0 Å². The number of aliphatic hydroxyl groups excluding tert-OH is 1. The van der Waals surface area contributed by atoms with Crippen molar-refractivity contribution in [3.63, 3.8) is 0 Å². The first kappa shape index (κ1) is 14.4. The predicted molar refractivity (Wildman–Crippen MR) is 79.0 cm³/mol. The highest BCUT2D eigenvalue weighted by molar-refractivity contribution is 5.48. The average Bonchev–Trinajstić information content (AvgIpc) is 2.47. The van der Waals surface area contributed by atoms with Gasteiger partial charge in [0.2, 0.25) is 0 Å². The standard InChI is InChI=1S/C17H20O3/c1-17(2,12-18)14-9-6-10-15(16(14)19)20-11-13-7-4-3-5-8-13/h3-10,18-19H,11-12H2,1-2H3. The molecule has 2 aromatic carbocycles. The molecule has 0 aliphatic carbocycles. The molecule has 0 aliphatic heterocycles. The summed E-state index contributed by atoms with van der Waals surface area (Å²) in [6.45, 7) is 4.12. The molecule has 0 amide bonds. The fourth-order valence-electron chi connectivity index (χ4n) is 2.01. The fraction of sp³-hybridized carbons (Fsp3) is 0.294. The van der Waals surface area contributed by atoms with E-state index in [1.165, 1.54) is 0 Å². The second-order valence-electron chi connectivity index (χ2n) is 5.47. The minimum atomic E-state index is -0.504. The number of aromatic hydroxyl groups is 1. The third-order valence-electron chi connectivity index (χ3n) is 3.36. The maximum atomic E-state index is 10.3. The molecule has 2 rings (SSSR count). The van der Waals surface area contributed by atoms with Gasteiger partial charge in [0.05, 0.1) is 6.61 Å². The molecule has 2 aromatic rings. The number of hydrogen-bond donors (Lipinski definition) is 2. The van der Waals surface area contributed by atoms with Crippen LogP contribution in [0.1, 0.15) is 25.0 Å². The molecule has 0 fully saturated rings. The summed E-state index contributed by atoms with van der Waals surface area (Å²) >= 11 is 0. The van der Waals surface area contributed by atoms with Gasteiger partial charge < -0.3 is 14.9 Å². The Morgan fingerprint density at radius 1 is 1.00 bits per heavy atom. The summed E-state index contributed by atoms with van der Waals surface area (Å²) in [5.41, 5.74) is 1.22. The van der Waals surface area contributed by atoms with Crippen molar-refractivity contribution in [2.24, 2.45) is 0 Å². The first-order valence-electron chi connectivity index (χ1n) is 6.64. The molecule has 0 radical (unpaired) electrons. The molecule has 20 heavy (non-hydrogen) atoms. The van der Waals surface area contributed by atoms with Crippen LogP contribution in [0.5, 0.6) is 11.5 Å². The number of rotatable bonds is 5. The van der Waals surface area contributed by atoms with E-state index < -0.39 is 5.41 Å². The Labute approximate surface area is 119 Å². The fourth-order valence-corrected chi connectivity index (χ4v) is 2.01. The van der Waals surface area contributed by atoms with Crippen LogP contribution in [0.4, 0.5) is 0 Å². The van der Waals surface area contributed by atoms with Crippen molar-refractivity contribution in [1.82, 2.24) is 0 Å². The smallest absolute Gasteiger partial charge is 0.161 e. The summed E-state index contributed by atoms with van der Waals surface area (Å²) in [7, 11) is 0. The number of aliphatic hydroxyl groups is 1. The summed E-state index contributed by atoms with van der Waals surface area (Å²) in [6.07, 6.45) is 0. The lowest BCUT2D eigenvalue weighted by Gasteiger charge is -2.24. The van der Waals surface area contributed by atoms with Crippen LogP contribution in [-0.2, 0) is 12.0 Å². The highest BCUT2D eigenvalue weighted by atomic mass is 16.5. The van der Waals surface area contributed by atoms with Crippen molar-refractivity contribution < 1.29 is 14.9 Å². The number of hydrogen-bond acceptors (Lipinski definition) is 3. The van der Waals surface area contributed by atoms with E-state index in [-0.39, 0.29) is 12.4 Å². The second-order valence-corrected chi connectivity index (χ2v) is 5.47. The maximum Gasteiger partial charge on any atom is 0.161 e. The quantitative estimate of drug-likeness (QED) is 0.878. The van der Waals surface area contributed by atoms with Crippen LogP contribution in [0.2, 0.25) is 0 Å². The Bertz CT molecular complexity index is 562. The molecule has 0 saturated heterocycles. The van der Waals surface area contributed by atoms with Gasteiger partial charge in [-0.3, -0.25) is 0 Å². The first-order chi connectivity index (χ1) is 9.54. The number of phenolic OH excluding ortho intramolecular Hbond substituents is 1. The van der Waals surface area contributed by atoms with E-state index in [0.29, 0.717) is 17.9 Å². The van der Waals surface area contributed by atoms with Crippen LogP contribution in [0, 0.1) is 0 Å². The maximum absolute atomic E-state index is 10.3. The minimum absolute atomic E-state index is 0.0390. The molecule has 2 N–H and O–H groups in total. The Balaban J connectivity index is 2.19. The van der Waals surface area contributed by atoms with Crippen molar-refractivity contribution in [3.8, 4) is 11.5 Å². The van der Waals surface area contributed by atoms with Gasteiger partial charge in [0.25, 0.3) is 0 Å². The number of benzene rings is 2. The van der Waals surface area contributed by atoms with Gasteiger partial charge in [-0.2, -0.15) is 0 Å². The Kier molecular flexibility index (Phi) is 4.30. The second kappa shape index (κ2) is 5.97. The molecule has 0 heterocycles. The third-order valence-corrected chi connectivity index (χ3v) is 3.36. The van der Waals surface area contributed by atoms with Gasteiger partial charge >= 0.3 is 0 Å². The van der Waals surface area contributed by atoms with E-state index in [9.17, 15) is 10.2 Å². The van der Waals surface area contributed by atoms with Crippen molar-refractivity contribution in [2.75, 3.05) is 6.61 Å². The number of ether oxygens (including phenoxy) is 1. The van der Waals surface area contributed by atoms with Gasteiger partial charge in [0.15, 0.2) is 11.5 Å². The highest BCUT2D eigenvalue weighted by Gasteiger charge is 2.24. The molecule has 0 unspecified atom stereocenters. The molecule has 0 spiro atoms. The Morgan fingerprint density at radius 2 is 1.70 bits per heavy atom. The lowest BCUT2D eigenvalue weighted by Crippen LogP contribution is -2.22. The summed E-state index contributed by atoms with van der Waals surface area (Å²) in [5, 5.41) is 19.7. The number of phenols is 1. The molecule has 0 atom stereocenters. The summed E-state index contributed by atoms with van der Waals surface area (Å²) in [5.74, 6) is 0.537. The van der Waals surface area contributed by atoms with Gasteiger partial charge in [-0.15, -0.1) is 0 Å². The monoisotopic (exact) mass is 272 g/mol. The zero-order chi connectivity index (χ0) is 14.6. The molecule has 0 saturated carbocycles. The lowest BCUT2D eigenvalue weighted by atomic mass is 9.85. The van der Waals surface area contributed by atoms with Gasteiger partial charge in [0, 0.05) is 11.0 Å². The molecule has 0 bridgehead atoms. The third kappa shape index (κ3) is 3.11. The Morgan fingerprint density at radius 3 is 2.35 bits per heavy atom. The highest BCUT2D eigenvalue weighted by Crippen LogP contribution is 2.37. The van der Waals surface area contributed by atoms with Crippen molar-refractivity contribution in [2.45, 2.75) is 25.9 Å². The van der Waals surface area contributed by atoms with Crippen molar-refractivity contribution >= 4 is 0 Å². The summed E-state index contributed by atoms with van der Waals surface area (Å²) in [4.78, 5) is 0. The zero-order valence-corrected chi connectivity index (χ0v) is 11.8. The van der Waals surface area contributed by atoms with Crippen LogP contribution in [-0.4, -0.2) is 16.8 Å². The van der Waals surface area contributed by atoms with Crippen molar-refractivity contribution in [1.29, 1.82) is 0 Å². The van der Waals surface area contributed by atoms with Crippen LogP contribution < -0.4 is 4.74 Å². The van der Waals surface area contributed by atoms with Crippen LogP contribution >= 0.6 is 0 Å². The van der Waals surface area contributed by atoms with E-state index in [2.05, 4.69) is 0 Å². The average molecular weight is 272 g/mol. The predicted octanol–water partition coefficient (Wildman–Crippen LogP) is 3.24. The van der Waals surface area contributed by atoms with E-state index >= 15 is 0 Å². The molecule has 0 aromatic heterocycles. The van der Waals surface area contributed by atoms with Gasteiger partial charge in [-0.1, -0.05) is 56.3 Å². The van der Waals surface area contributed by atoms with Gasteiger partial charge in [-0.05, 0) is 11.6 Å². The molecule has 3 heteroatoms. The molecular weight excluding hydrogens is 252 g/mol. The normalized spacial score (nSPS) is 11.3. The largest absolute Gasteiger partial charge is 0.504 e. The lowest BCUT2D eigenvalue weighted by molar-refractivity contribution is 0.213.